The molecule has 0 amide bonds. The van der Waals surface area contributed by atoms with Crippen LogP contribution in [0.1, 0.15) is 18.5 Å². The number of sulfonamides is 1. The van der Waals surface area contributed by atoms with Gasteiger partial charge in [0.25, 0.3) is 10.2 Å². The highest BCUT2D eigenvalue weighted by Crippen LogP contribution is 2.15. The highest BCUT2D eigenvalue weighted by molar-refractivity contribution is 7.89. The first-order valence-electron chi connectivity index (χ1n) is 6.04. The van der Waals surface area contributed by atoms with Crippen LogP contribution in [0.4, 0.5) is 0 Å². The molecule has 0 aromatic heterocycles. The van der Waals surface area contributed by atoms with Gasteiger partial charge in [-0.2, -0.15) is 17.9 Å². The quantitative estimate of drug-likeness (QED) is 0.549. The molecule has 0 aliphatic rings. The van der Waals surface area contributed by atoms with Gasteiger partial charge in [-0.1, -0.05) is 12.1 Å². The predicted octanol–water partition coefficient (Wildman–Crippen LogP) is -0.535. The summed E-state index contributed by atoms with van der Waals surface area (Å²) < 4.78 is 55.2. The fourth-order valence-electron chi connectivity index (χ4n) is 1.57. The normalized spacial score (nSPS) is 14.0. The summed E-state index contributed by atoms with van der Waals surface area (Å²) in [6.07, 6.45) is 0. The summed E-state index contributed by atoms with van der Waals surface area (Å²) in [4.78, 5) is -0.0282. The summed E-state index contributed by atoms with van der Waals surface area (Å²) in [5.74, 6) is 0. The molecule has 0 spiro atoms. The lowest BCUT2D eigenvalue weighted by Crippen LogP contribution is -2.39. The van der Waals surface area contributed by atoms with Gasteiger partial charge in [-0.05, 0) is 24.6 Å². The number of hydrogen-bond donors (Lipinski definition) is 3. The van der Waals surface area contributed by atoms with Crippen LogP contribution in [0.3, 0.4) is 0 Å². The van der Waals surface area contributed by atoms with E-state index in [4.69, 9.17) is 9.88 Å². The number of hydrogen-bond acceptors (Lipinski definition) is 5. The lowest BCUT2D eigenvalue weighted by molar-refractivity contribution is 0.204. The van der Waals surface area contributed by atoms with Crippen molar-refractivity contribution in [1.82, 2.24) is 9.44 Å². The standard InChI is InChI=1S/C11H19N3O5S2/c1-9(14-21(17,18)13-7-8-19-2)10-3-5-11(6-4-10)20(12,15)16/h3-6,9,13-14H,7-8H2,1-2H3,(H2,12,15,16). The maximum Gasteiger partial charge on any atom is 0.277 e. The molecule has 10 heteroatoms. The average molecular weight is 337 g/mol. The number of ether oxygens (including phenoxy) is 1. The lowest BCUT2D eigenvalue weighted by atomic mass is 10.1. The van der Waals surface area contributed by atoms with Gasteiger partial charge in [0.05, 0.1) is 11.5 Å². The second-order valence-electron chi connectivity index (χ2n) is 4.34. The molecule has 1 aromatic rings. The number of methoxy groups -OCH3 is 1. The molecule has 4 N–H and O–H groups in total. The summed E-state index contributed by atoms with van der Waals surface area (Å²) in [6, 6.07) is 5.13. The Bertz CT molecular complexity index is 656. The van der Waals surface area contributed by atoms with Crippen LogP contribution in [0.15, 0.2) is 29.2 Å². The number of nitrogens with two attached hydrogens (primary N) is 1. The SMILES string of the molecule is COCCNS(=O)(=O)NC(C)c1ccc(S(N)(=O)=O)cc1. The minimum absolute atomic E-state index is 0.0282. The highest BCUT2D eigenvalue weighted by atomic mass is 32.2. The first-order chi connectivity index (χ1) is 9.65. The largest absolute Gasteiger partial charge is 0.383 e. The molecule has 21 heavy (non-hydrogen) atoms. The lowest BCUT2D eigenvalue weighted by Gasteiger charge is -2.15. The van der Waals surface area contributed by atoms with Crippen molar-refractivity contribution in [2.24, 2.45) is 5.14 Å². The van der Waals surface area contributed by atoms with E-state index in [1.807, 2.05) is 0 Å². The monoisotopic (exact) mass is 337 g/mol. The molecular formula is C11H19N3O5S2. The topological polar surface area (TPSA) is 128 Å². The van der Waals surface area contributed by atoms with Gasteiger partial charge in [0.1, 0.15) is 0 Å². The third-order valence-corrected chi connectivity index (χ3v) is 4.82. The van der Waals surface area contributed by atoms with Gasteiger partial charge in [0.15, 0.2) is 0 Å². The smallest absolute Gasteiger partial charge is 0.277 e. The minimum atomic E-state index is -3.76. The zero-order valence-electron chi connectivity index (χ0n) is 11.7. The fraction of sp³-hybridized carbons (Fsp3) is 0.455. The van der Waals surface area contributed by atoms with Crippen molar-refractivity contribution in [3.05, 3.63) is 29.8 Å². The van der Waals surface area contributed by atoms with Crippen LogP contribution in [-0.2, 0) is 25.0 Å². The molecular weight excluding hydrogens is 318 g/mol. The number of rotatable bonds is 8. The summed E-state index contributed by atoms with van der Waals surface area (Å²) in [7, 11) is -5.95. The van der Waals surface area contributed by atoms with Gasteiger partial charge in [0.2, 0.25) is 10.0 Å². The molecule has 1 rings (SSSR count). The van der Waals surface area contributed by atoms with Crippen molar-refractivity contribution in [2.75, 3.05) is 20.3 Å². The number of primary sulfonamides is 1. The Morgan fingerprint density at radius 1 is 1.19 bits per heavy atom. The molecule has 0 radical (unpaired) electrons. The molecule has 1 aromatic carbocycles. The van der Waals surface area contributed by atoms with Crippen LogP contribution >= 0.6 is 0 Å². The molecule has 0 heterocycles. The van der Waals surface area contributed by atoms with E-state index >= 15 is 0 Å². The Labute approximate surface area is 124 Å². The van der Waals surface area contributed by atoms with Gasteiger partial charge in [0, 0.05) is 19.7 Å². The van der Waals surface area contributed by atoms with Crippen LogP contribution in [0.5, 0.6) is 0 Å². The van der Waals surface area contributed by atoms with E-state index in [9.17, 15) is 16.8 Å². The van der Waals surface area contributed by atoms with E-state index in [2.05, 4.69) is 9.44 Å². The van der Waals surface area contributed by atoms with Gasteiger partial charge in [-0.15, -0.1) is 0 Å². The zero-order valence-corrected chi connectivity index (χ0v) is 13.4. The maximum absolute atomic E-state index is 11.7. The maximum atomic E-state index is 11.7. The van der Waals surface area contributed by atoms with Crippen LogP contribution in [0.2, 0.25) is 0 Å². The van der Waals surface area contributed by atoms with Gasteiger partial charge in [-0.25, -0.2) is 13.6 Å². The Morgan fingerprint density at radius 3 is 2.24 bits per heavy atom. The Morgan fingerprint density at radius 2 is 1.76 bits per heavy atom. The summed E-state index contributed by atoms with van der Waals surface area (Å²) in [5.41, 5.74) is 0.611. The third-order valence-electron chi connectivity index (χ3n) is 2.64. The molecule has 1 atom stereocenters. The van der Waals surface area contributed by atoms with Crippen LogP contribution in [-0.4, -0.2) is 37.1 Å². The second kappa shape index (κ2) is 7.29. The molecule has 0 saturated carbocycles. The van der Waals surface area contributed by atoms with Crippen molar-refractivity contribution in [3.63, 3.8) is 0 Å². The van der Waals surface area contributed by atoms with Gasteiger partial charge in [-0.3, -0.25) is 0 Å². The van der Waals surface area contributed by atoms with Gasteiger partial charge < -0.3 is 4.74 Å². The molecule has 0 aliphatic heterocycles. The Hall–Kier alpha value is -1.04. The first kappa shape index (κ1) is 18.0. The highest BCUT2D eigenvalue weighted by Gasteiger charge is 2.16. The number of nitrogens with one attached hydrogen (secondary N) is 2. The van der Waals surface area contributed by atoms with E-state index in [1.165, 1.54) is 31.4 Å². The van der Waals surface area contributed by atoms with Crippen molar-refractivity contribution in [2.45, 2.75) is 17.9 Å². The number of benzene rings is 1. The van der Waals surface area contributed by atoms with Crippen molar-refractivity contribution >= 4 is 20.2 Å². The van der Waals surface area contributed by atoms with Crippen LogP contribution in [0.25, 0.3) is 0 Å². The summed E-state index contributed by atoms with van der Waals surface area (Å²) in [5, 5.41) is 4.99. The van der Waals surface area contributed by atoms with Crippen molar-refractivity contribution in [3.8, 4) is 0 Å². The van der Waals surface area contributed by atoms with Crippen LogP contribution in [0, 0.1) is 0 Å². The van der Waals surface area contributed by atoms with E-state index in [1.54, 1.807) is 6.92 Å². The van der Waals surface area contributed by atoms with E-state index in [0.29, 0.717) is 5.56 Å². The first-order valence-corrected chi connectivity index (χ1v) is 9.07. The van der Waals surface area contributed by atoms with E-state index < -0.39 is 26.3 Å². The summed E-state index contributed by atoms with van der Waals surface area (Å²) in [6.45, 7) is 2.06. The molecule has 0 bridgehead atoms. The molecule has 0 saturated heterocycles. The molecule has 120 valence electrons. The van der Waals surface area contributed by atoms with E-state index in [-0.39, 0.29) is 18.0 Å². The van der Waals surface area contributed by atoms with Crippen LogP contribution < -0.4 is 14.6 Å². The van der Waals surface area contributed by atoms with Crippen molar-refractivity contribution < 1.29 is 21.6 Å². The molecule has 0 fully saturated rings. The molecule has 1 unspecified atom stereocenters. The minimum Gasteiger partial charge on any atom is -0.383 e. The molecule has 0 aliphatic carbocycles. The fourth-order valence-corrected chi connectivity index (χ4v) is 3.12. The Balaban J connectivity index is 2.73. The molecule has 8 nitrogen and oxygen atoms in total. The second-order valence-corrected chi connectivity index (χ2v) is 7.44. The Kier molecular flexibility index (Phi) is 6.25. The van der Waals surface area contributed by atoms with Crippen molar-refractivity contribution in [1.29, 1.82) is 0 Å². The van der Waals surface area contributed by atoms with E-state index in [0.717, 1.165) is 0 Å². The zero-order chi connectivity index (χ0) is 16.1. The predicted molar refractivity (Wildman–Crippen MR) is 78.2 cm³/mol. The average Bonchev–Trinajstić information content (AvgIpc) is 2.37. The van der Waals surface area contributed by atoms with Gasteiger partial charge >= 0.3 is 0 Å². The summed E-state index contributed by atoms with van der Waals surface area (Å²) >= 11 is 0. The third kappa shape index (κ3) is 6.08.